The number of rotatable bonds is 8. The van der Waals surface area contributed by atoms with Crippen molar-refractivity contribution in [3.8, 4) is 0 Å². The molecule has 3 heterocycles. The molecule has 15 heteroatoms. The predicted molar refractivity (Wildman–Crippen MR) is 150 cm³/mol. The van der Waals surface area contributed by atoms with Gasteiger partial charge in [-0.15, -0.1) is 0 Å². The van der Waals surface area contributed by atoms with Crippen LogP contribution in [0.15, 0.2) is 65.9 Å². The van der Waals surface area contributed by atoms with Gasteiger partial charge in [0.15, 0.2) is 6.61 Å². The van der Waals surface area contributed by atoms with Crippen molar-refractivity contribution in [2.24, 2.45) is 24.8 Å². The Morgan fingerprint density at radius 1 is 0.778 bits per heavy atom. The Hall–Kier alpha value is -4.95. The summed E-state index contributed by atoms with van der Waals surface area (Å²) in [7, 11) is 3.44. The summed E-state index contributed by atoms with van der Waals surface area (Å²) >= 11 is 0. The van der Waals surface area contributed by atoms with Gasteiger partial charge in [0.25, 0.3) is 11.8 Å². The third-order valence-corrected chi connectivity index (χ3v) is 7.04. The van der Waals surface area contributed by atoms with E-state index < -0.39 is 29.4 Å². The first-order valence-corrected chi connectivity index (χ1v) is 13.5. The highest BCUT2D eigenvalue weighted by atomic mass is 19.4. The van der Waals surface area contributed by atoms with Crippen LogP contribution in [0.5, 0.6) is 0 Å². The molecule has 1 aliphatic heterocycles. The van der Waals surface area contributed by atoms with E-state index >= 15 is 0 Å². The summed E-state index contributed by atoms with van der Waals surface area (Å²) in [5.41, 5.74) is 7.88. The number of alkyl halides is 6. The number of nitrogens with zero attached hydrogens (tertiary/aromatic N) is 5. The van der Waals surface area contributed by atoms with Crippen LogP contribution in [-0.2, 0) is 61.7 Å². The number of aliphatic imine (C=N–C) groups is 1. The maximum Gasteiger partial charge on any atom is 0.416 e. The Morgan fingerprint density at radius 2 is 1.24 bits per heavy atom. The molecule has 0 saturated carbocycles. The number of carbonyl (C=O) groups excluding carboxylic acids is 2. The minimum atomic E-state index is -4.34. The lowest BCUT2D eigenvalue weighted by atomic mass is 10.0. The molecule has 2 N–H and O–H groups in total. The standard InChI is InChI=1S/C16H14F3N3O2.C14H14F3N3O/c1-22-13(12(8-20-22)15-21-14(23)9-24-15)7-4-10-2-5-11(6-3-10)16(17,18)19;1-20-12(11(8-19-20)13(18)21)7-4-9-2-5-10(6-3-9)14(15,16)17/h2-3,5-6,8H,4,7,9H2,1H3;2-3,5-6,8H,4,7H2,1H3,(H2,18,21). The summed E-state index contributed by atoms with van der Waals surface area (Å²) in [5, 5.41) is 8.10. The lowest BCUT2D eigenvalue weighted by Crippen LogP contribution is -2.14. The Balaban J connectivity index is 0.000000207. The zero-order chi connectivity index (χ0) is 32.9. The zero-order valence-electron chi connectivity index (χ0n) is 24.1. The molecule has 0 atom stereocenters. The van der Waals surface area contributed by atoms with E-state index in [-0.39, 0.29) is 18.4 Å². The molecule has 5 rings (SSSR count). The SMILES string of the molecule is Cn1ncc(C(N)=O)c1CCc1ccc(C(F)(F)F)cc1.Cn1ncc(C2=NC(=O)CO2)c1CCc1ccc(C(F)(F)F)cc1. The maximum atomic E-state index is 12.6. The average molecular weight is 635 g/mol. The molecule has 9 nitrogen and oxygen atoms in total. The molecular formula is C30H28F6N6O3. The Kier molecular flexibility index (Phi) is 9.78. The van der Waals surface area contributed by atoms with Crippen LogP contribution in [0.1, 0.15) is 49.6 Å². The predicted octanol–water partition coefficient (Wildman–Crippen LogP) is 4.85. The molecule has 238 valence electrons. The zero-order valence-corrected chi connectivity index (χ0v) is 24.1. The number of ether oxygens (including phenoxy) is 1. The molecule has 0 saturated heterocycles. The van der Waals surface area contributed by atoms with Gasteiger partial charge in [0, 0.05) is 14.1 Å². The molecule has 2 amide bonds. The molecule has 0 spiro atoms. The molecule has 0 aliphatic carbocycles. The van der Waals surface area contributed by atoms with Crippen molar-refractivity contribution < 1.29 is 40.7 Å². The van der Waals surface area contributed by atoms with Crippen LogP contribution in [0.2, 0.25) is 0 Å². The number of benzene rings is 2. The summed E-state index contributed by atoms with van der Waals surface area (Å²) in [6, 6.07) is 10.0. The minimum absolute atomic E-state index is 0.0808. The fourth-order valence-electron chi connectivity index (χ4n) is 4.60. The van der Waals surface area contributed by atoms with Crippen LogP contribution >= 0.6 is 0 Å². The molecule has 0 fully saturated rings. The third kappa shape index (κ3) is 8.37. The van der Waals surface area contributed by atoms with E-state index in [2.05, 4.69) is 15.2 Å². The number of primary amides is 1. The third-order valence-electron chi connectivity index (χ3n) is 7.04. The number of hydrogen-bond acceptors (Lipinski definition) is 5. The highest BCUT2D eigenvalue weighted by molar-refractivity contribution is 6.06. The quantitative estimate of drug-likeness (QED) is 0.278. The first kappa shape index (κ1) is 33.0. The number of carbonyl (C=O) groups is 2. The number of hydrogen-bond donors (Lipinski definition) is 1. The summed E-state index contributed by atoms with van der Waals surface area (Å²) in [6.07, 6.45) is -3.67. The molecule has 0 unspecified atom stereocenters. The second-order valence-electron chi connectivity index (χ2n) is 10.1. The molecular weight excluding hydrogens is 606 g/mol. The van der Waals surface area contributed by atoms with Gasteiger partial charge >= 0.3 is 12.4 Å². The smallest absolute Gasteiger partial charge is 0.416 e. The highest BCUT2D eigenvalue weighted by Crippen LogP contribution is 2.30. The van der Waals surface area contributed by atoms with Gasteiger partial charge in [-0.3, -0.25) is 19.0 Å². The van der Waals surface area contributed by atoms with Crippen LogP contribution in [0.25, 0.3) is 0 Å². The van der Waals surface area contributed by atoms with Crippen LogP contribution in [0.4, 0.5) is 26.3 Å². The fraction of sp³-hybridized carbons (Fsp3) is 0.300. The van der Waals surface area contributed by atoms with Crippen LogP contribution in [0.3, 0.4) is 0 Å². The molecule has 0 bridgehead atoms. The Labute approximate surface area is 253 Å². The number of nitrogens with two attached hydrogens (primary N) is 1. The summed E-state index contributed by atoms with van der Waals surface area (Å²) in [5.74, 6) is -0.663. The second-order valence-corrected chi connectivity index (χ2v) is 10.1. The lowest BCUT2D eigenvalue weighted by molar-refractivity contribution is -0.138. The van der Waals surface area contributed by atoms with Crippen LogP contribution in [0, 0.1) is 0 Å². The molecule has 2 aromatic heterocycles. The van der Waals surface area contributed by atoms with Crippen molar-refractivity contribution in [2.75, 3.05) is 6.61 Å². The number of amides is 2. The van der Waals surface area contributed by atoms with Gasteiger partial charge in [-0.2, -0.15) is 41.5 Å². The number of halogens is 6. The Morgan fingerprint density at radius 3 is 1.69 bits per heavy atom. The van der Waals surface area contributed by atoms with Crippen LogP contribution in [-0.4, -0.2) is 43.9 Å². The molecule has 0 radical (unpaired) electrons. The van der Waals surface area contributed by atoms with E-state index in [1.165, 1.54) is 30.5 Å². The maximum absolute atomic E-state index is 12.6. The molecule has 4 aromatic rings. The average Bonchev–Trinajstić information content (AvgIpc) is 3.68. The van der Waals surface area contributed by atoms with Gasteiger partial charge in [0.05, 0.1) is 46.0 Å². The molecule has 2 aromatic carbocycles. The van der Waals surface area contributed by atoms with E-state index in [1.54, 1.807) is 29.7 Å². The minimum Gasteiger partial charge on any atom is -0.467 e. The van der Waals surface area contributed by atoms with Crippen molar-refractivity contribution in [2.45, 2.75) is 38.0 Å². The summed E-state index contributed by atoms with van der Waals surface area (Å²) in [6.45, 7) is -0.0808. The fourth-order valence-corrected chi connectivity index (χ4v) is 4.60. The summed E-state index contributed by atoms with van der Waals surface area (Å²) in [4.78, 5) is 26.3. The largest absolute Gasteiger partial charge is 0.467 e. The highest BCUT2D eigenvalue weighted by Gasteiger charge is 2.31. The molecule has 1 aliphatic rings. The van der Waals surface area contributed by atoms with E-state index in [0.717, 1.165) is 41.1 Å². The monoisotopic (exact) mass is 634 g/mol. The van der Waals surface area contributed by atoms with E-state index in [0.29, 0.717) is 42.5 Å². The first-order valence-electron chi connectivity index (χ1n) is 13.5. The first-order chi connectivity index (χ1) is 21.1. The van der Waals surface area contributed by atoms with Gasteiger partial charge in [0.1, 0.15) is 0 Å². The van der Waals surface area contributed by atoms with Gasteiger partial charge in [0.2, 0.25) is 5.90 Å². The number of aryl methyl sites for hydroxylation is 4. The topological polar surface area (TPSA) is 117 Å². The Bertz CT molecular complexity index is 1690. The lowest BCUT2D eigenvalue weighted by Gasteiger charge is -2.09. The van der Waals surface area contributed by atoms with E-state index in [1.807, 2.05) is 0 Å². The van der Waals surface area contributed by atoms with Crippen molar-refractivity contribution in [1.82, 2.24) is 19.6 Å². The number of aromatic nitrogens is 4. The second kappa shape index (κ2) is 13.4. The van der Waals surface area contributed by atoms with Gasteiger partial charge < -0.3 is 10.5 Å². The van der Waals surface area contributed by atoms with E-state index in [9.17, 15) is 35.9 Å². The van der Waals surface area contributed by atoms with Gasteiger partial charge in [-0.05, 0) is 61.1 Å². The normalized spacial score (nSPS) is 13.2. The van der Waals surface area contributed by atoms with Crippen molar-refractivity contribution in [3.05, 3.63) is 106 Å². The van der Waals surface area contributed by atoms with E-state index in [4.69, 9.17) is 10.5 Å². The van der Waals surface area contributed by atoms with Gasteiger partial charge in [-0.1, -0.05) is 24.3 Å². The van der Waals surface area contributed by atoms with Gasteiger partial charge in [-0.25, -0.2) is 0 Å². The van der Waals surface area contributed by atoms with Crippen molar-refractivity contribution >= 4 is 17.7 Å². The van der Waals surface area contributed by atoms with Crippen molar-refractivity contribution in [3.63, 3.8) is 0 Å². The molecule has 45 heavy (non-hydrogen) atoms. The van der Waals surface area contributed by atoms with Crippen LogP contribution < -0.4 is 5.73 Å². The summed E-state index contributed by atoms with van der Waals surface area (Å²) < 4.78 is 83.5. The van der Waals surface area contributed by atoms with Crippen molar-refractivity contribution in [1.29, 1.82) is 0 Å².